The van der Waals surface area contributed by atoms with Crippen LogP contribution in [-0.4, -0.2) is 27.9 Å². The van der Waals surface area contributed by atoms with Crippen LogP contribution in [0.5, 0.6) is 0 Å². The number of amides is 2. The predicted molar refractivity (Wildman–Crippen MR) is 87.3 cm³/mol. The summed E-state index contributed by atoms with van der Waals surface area (Å²) in [6, 6.07) is 4.28. The number of nitro groups is 1. The minimum atomic E-state index is -0.856. The number of hydrogen-bond donors (Lipinski definition) is 0. The second-order valence-corrected chi connectivity index (χ2v) is 7.58. The van der Waals surface area contributed by atoms with Crippen molar-refractivity contribution in [2.45, 2.75) is 25.0 Å². The molecule has 2 fully saturated rings. The average Bonchev–Trinajstić information content (AvgIpc) is 3.04. The van der Waals surface area contributed by atoms with Crippen LogP contribution in [0, 0.1) is 22.0 Å². The molecule has 0 radical (unpaired) electrons. The van der Waals surface area contributed by atoms with Gasteiger partial charge in [0.15, 0.2) is 0 Å². The number of anilines is 1. The summed E-state index contributed by atoms with van der Waals surface area (Å²) < 4.78 is 6.42. The van der Waals surface area contributed by atoms with Crippen LogP contribution in [0.15, 0.2) is 34.8 Å². The normalized spacial score (nSPS) is 36.5. The minimum Gasteiger partial charge on any atom is -0.359 e. The summed E-state index contributed by atoms with van der Waals surface area (Å²) in [6.07, 6.45) is 3.61. The summed E-state index contributed by atoms with van der Waals surface area (Å²) >= 11 is 3.18. The molecule has 4 rings (SSSR count). The molecule has 2 amide bonds. The molecule has 3 aliphatic heterocycles. The molecule has 0 unspecified atom stereocenters. The topological polar surface area (TPSA) is 89.8 Å². The lowest BCUT2D eigenvalue weighted by Gasteiger charge is -2.25. The maximum Gasteiger partial charge on any atom is 0.294 e. The van der Waals surface area contributed by atoms with Gasteiger partial charge in [0.2, 0.25) is 11.8 Å². The van der Waals surface area contributed by atoms with E-state index >= 15 is 0 Å². The molecular weight excluding hydrogens is 380 g/mol. The van der Waals surface area contributed by atoms with E-state index in [1.807, 2.05) is 0 Å². The number of nitro benzene ring substituents is 1. The van der Waals surface area contributed by atoms with Crippen LogP contribution in [0.4, 0.5) is 11.4 Å². The van der Waals surface area contributed by atoms with Gasteiger partial charge >= 0.3 is 0 Å². The second-order valence-electron chi connectivity index (χ2n) is 6.66. The Hall–Kier alpha value is -2.06. The van der Waals surface area contributed by atoms with Gasteiger partial charge in [0.05, 0.1) is 28.0 Å². The molecule has 0 spiro atoms. The molecule has 0 N–H and O–H groups in total. The Kier molecular flexibility index (Phi) is 2.91. The van der Waals surface area contributed by atoms with Crippen LogP contribution in [0.25, 0.3) is 0 Å². The van der Waals surface area contributed by atoms with E-state index in [1.165, 1.54) is 12.1 Å². The molecule has 3 aliphatic rings. The van der Waals surface area contributed by atoms with Gasteiger partial charge in [-0.05, 0) is 26.0 Å². The molecular formula is C16H13BrN2O5. The van der Waals surface area contributed by atoms with Crippen molar-refractivity contribution in [3.05, 3.63) is 44.9 Å². The number of carbonyl (C=O) groups excluding carboxylic acids is 2. The zero-order chi connectivity index (χ0) is 17.4. The zero-order valence-electron chi connectivity index (χ0n) is 12.9. The van der Waals surface area contributed by atoms with Gasteiger partial charge in [-0.3, -0.25) is 19.7 Å². The fourth-order valence-electron chi connectivity index (χ4n) is 4.10. The summed E-state index contributed by atoms with van der Waals surface area (Å²) in [5.41, 5.74) is -2.00. The highest BCUT2D eigenvalue weighted by molar-refractivity contribution is 9.10. The van der Waals surface area contributed by atoms with Gasteiger partial charge in [0.25, 0.3) is 5.69 Å². The van der Waals surface area contributed by atoms with Gasteiger partial charge in [-0.1, -0.05) is 28.1 Å². The molecule has 8 heteroatoms. The van der Waals surface area contributed by atoms with E-state index in [0.717, 1.165) is 4.90 Å². The third-order valence-corrected chi connectivity index (χ3v) is 5.59. The number of ether oxygens (including phenoxy) is 1. The smallest absolute Gasteiger partial charge is 0.294 e. The van der Waals surface area contributed by atoms with E-state index < -0.39 is 39.8 Å². The largest absolute Gasteiger partial charge is 0.359 e. The number of benzene rings is 1. The number of fused-ring (bicyclic) bond motifs is 5. The number of carbonyl (C=O) groups is 2. The number of imide groups is 1. The van der Waals surface area contributed by atoms with Crippen molar-refractivity contribution in [3.8, 4) is 0 Å². The van der Waals surface area contributed by atoms with Crippen LogP contribution in [0.3, 0.4) is 0 Å². The zero-order valence-corrected chi connectivity index (χ0v) is 14.4. The van der Waals surface area contributed by atoms with Gasteiger partial charge in [-0.25, -0.2) is 4.90 Å². The van der Waals surface area contributed by atoms with E-state index in [0.29, 0.717) is 4.47 Å². The molecule has 0 aromatic heterocycles. The van der Waals surface area contributed by atoms with Gasteiger partial charge < -0.3 is 4.74 Å². The molecule has 2 saturated heterocycles. The number of hydrogen-bond acceptors (Lipinski definition) is 5. The molecule has 1 aromatic rings. The summed E-state index contributed by atoms with van der Waals surface area (Å²) in [4.78, 5) is 37.6. The molecule has 7 nitrogen and oxygen atoms in total. The molecule has 4 atom stereocenters. The highest BCUT2D eigenvalue weighted by Gasteiger charge is 2.70. The molecule has 3 heterocycles. The van der Waals surface area contributed by atoms with Gasteiger partial charge in [0.1, 0.15) is 5.69 Å². The number of rotatable bonds is 2. The predicted octanol–water partition coefficient (Wildman–Crippen LogP) is 2.58. The third kappa shape index (κ3) is 1.75. The van der Waals surface area contributed by atoms with Crippen molar-refractivity contribution in [2.75, 3.05) is 4.90 Å². The molecule has 0 aliphatic carbocycles. The number of nitrogens with zero attached hydrogens (tertiary/aromatic N) is 2. The quantitative estimate of drug-likeness (QED) is 0.334. The summed E-state index contributed by atoms with van der Waals surface area (Å²) in [7, 11) is 0. The summed E-state index contributed by atoms with van der Waals surface area (Å²) in [5, 5.41) is 11.4. The minimum absolute atomic E-state index is 0.000741. The lowest BCUT2D eigenvalue weighted by molar-refractivity contribution is -0.384. The van der Waals surface area contributed by atoms with E-state index in [1.54, 1.807) is 32.1 Å². The van der Waals surface area contributed by atoms with Gasteiger partial charge in [0, 0.05) is 10.5 Å². The fraction of sp³-hybridized carbons (Fsp3) is 0.375. The van der Waals surface area contributed by atoms with E-state index in [2.05, 4.69) is 15.9 Å². The molecule has 124 valence electrons. The van der Waals surface area contributed by atoms with Crippen LogP contribution in [0.2, 0.25) is 0 Å². The summed E-state index contributed by atoms with van der Waals surface area (Å²) in [5.74, 6) is -2.23. The molecule has 0 saturated carbocycles. The maximum absolute atomic E-state index is 13.0. The SMILES string of the molecule is C[C@]12C=C[C@](C)(O1)[C@@H]1C(=O)N(c3ccc(Br)cc3[N+](=O)[O-])C(=O)[C@H]12. The van der Waals surface area contributed by atoms with Crippen LogP contribution in [0.1, 0.15) is 13.8 Å². The fourth-order valence-corrected chi connectivity index (χ4v) is 4.45. The molecule has 2 bridgehead atoms. The average molecular weight is 393 g/mol. The highest BCUT2D eigenvalue weighted by atomic mass is 79.9. The van der Waals surface area contributed by atoms with E-state index in [4.69, 9.17) is 4.74 Å². The van der Waals surface area contributed by atoms with Crippen LogP contribution in [-0.2, 0) is 14.3 Å². The van der Waals surface area contributed by atoms with Gasteiger partial charge in [-0.2, -0.15) is 0 Å². The first-order chi connectivity index (χ1) is 11.2. The lowest BCUT2D eigenvalue weighted by atomic mass is 9.73. The first-order valence-corrected chi connectivity index (χ1v) is 8.19. The second kappa shape index (κ2) is 4.52. The Morgan fingerprint density at radius 2 is 1.71 bits per heavy atom. The highest BCUT2D eigenvalue weighted by Crippen LogP contribution is 2.57. The Bertz CT molecular complexity index is 817. The van der Waals surface area contributed by atoms with E-state index in [-0.39, 0.29) is 11.4 Å². The first-order valence-electron chi connectivity index (χ1n) is 7.40. The first kappa shape index (κ1) is 15.5. The lowest BCUT2D eigenvalue weighted by Crippen LogP contribution is -2.39. The van der Waals surface area contributed by atoms with Crippen molar-refractivity contribution >= 4 is 39.1 Å². The van der Waals surface area contributed by atoms with Crippen molar-refractivity contribution in [2.24, 2.45) is 11.8 Å². The third-order valence-electron chi connectivity index (χ3n) is 5.10. The Morgan fingerprint density at radius 1 is 1.17 bits per heavy atom. The van der Waals surface area contributed by atoms with Crippen molar-refractivity contribution in [3.63, 3.8) is 0 Å². The monoisotopic (exact) mass is 392 g/mol. The van der Waals surface area contributed by atoms with Crippen LogP contribution < -0.4 is 4.90 Å². The van der Waals surface area contributed by atoms with Crippen molar-refractivity contribution < 1.29 is 19.2 Å². The Morgan fingerprint density at radius 3 is 2.21 bits per heavy atom. The van der Waals surface area contributed by atoms with E-state index in [9.17, 15) is 19.7 Å². The molecule has 24 heavy (non-hydrogen) atoms. The Balaban J connectivity index is 1.85. The van der Waals surface area contributed by atoms with Crippen molar-refractivity contribution in [1.29, 1.82) is 0 Å². The maximum atomic E-state index is 13.0. The molecule has 1 aromatic carbocycles. The standard InChI is InChI=1S/C16H13BrN2O5/c1-15-5-6-16(2,24-15)12-11(15)13(20)18(14(12)21)9-4-3-8(17)7-10(9)19(22)23/h3-7,11-12H,1-2H3/t11-,12-,15-,16+/m0/s1. The summed E-state index contributed by atoms with van der Waals surface area (Å²) in [6.45, 7) is 3.54. The van der Waals surface area contributed by atoms with Crippen molar-refractivity contribution in [1.82, 2.24) is 0 Å². The Labute approximate surface area is 145 Å². The van der Waals surface area contributed by atoms with Crippen LogP contribution >= 0.6 is 15.9 Å². The van der Waals surface area contributed by atoms with Gasteiger partial charge in [-0.15, -0.1) is 0 Å². The number of halogens is 1.